The first kappa shape index (κ1) is 104. The molecule has 0 aromatic heterocycles. The van der Waals surface area contributed by atoms with Crippen LogP contribution in [0.1, 0.15) is 0 Å². The third-order valence-electron chi connectivity index (χ3n) is 2.40. The van der Waals surface area contributed by atoms with Crippen molar-refractivity contribution >= 4 is 0 Å². The Hall–Kier alpha value is 12.5. The van der Waals surface area contributed by atoms with Gasteiger partial charge in [-0.2, -0.15) is 0 Å². The second-order valence-electron chi connectivity index (χ2n) is 5.45. The molecular weight excluding hydrogens is 1350 g/mol. The molecule has 3 aliphatic rings. The van der Waals surface area contributed by atoms with Crippen molar-refractivity contribution in [3.8, 4) is 0 Å². The van der Waals surface area contributed by atoms with Crippen LogP contribution in [0.3, 0.4) is 0 Å². The van der Waals surface area contributed by atoms with Crippen molar-refractivity contribution in [3.05, 3.63) is 0 Å². The van der Waals surface area contributed by atoms with Crippen molar-refractivity contribution in [1.82, 2.24) is 0 Å². The molecule has 54 heavy (non-hydrogen) atoms. The van der Waals surface area contributed by atoms with Crippen molar-refractivity contribution in [2.75, 3.05) is 0 Å². The summed E-state index contributed by atoms with van der Waals surface area (Å²) in [5.41, 5.74) is 0. The van der Waals surface area contributed by atoms with Crippen molar-refractivity contribution in [2.45, 2.75) is 0 Å². The van der Waals surface area contributed by atoms with Crippen LogP contribution in [-0.4, -0.2) is 54.8 Å². The Balaban J connectivity index is -0.0000000833. The Labute approximate surface area is 587 Å². The first-order chi connectivity index (χ1) is 16.5. The molecule has 0 aliphatic carbocycles. The molecule has 4 bridgehead atoms. The summed E-state index contributed by atoms with van der Waals surface area (Å²) < 4.78 is 233. The predicted molar refractivity (Wildman–Crippen MR) is 56.0 cm³/mol. The van der Waals surface area contributed by atoms with E-state index in [1.807, 2.05) is 0 Å². The quantitative estimate of drug-likeness (QED) is 0.223. The Morgan fingerprint density at radius 3 is 0.519 bits per heavy atom. The summed E-state index contributed by atoms with van der Waals surface area (Å²) in [6, 6.07) is 0. The number of hydrogen-bond donors (Lipinski definition) is 0. The SMILES string of the molecule is O.O.O.O.O.O.O.O.O.O.[K+].[K+].[K+].[K+].[K+].[K+].[O]=[V]([O-])([O-])[O][V]1(=[O])[O][V]2(=[O])[O][V](=[O])([O][V](=[O])([O-])[O-])[O][V](=[O])([O]2)[O][V]2(=[O])[O][V](=[O])([O][V](=[O])([O-])[O-])[O][V](=[O])([O]1)[O]2. The minimum atomic E-state index is -7.72. The van der Waals surface area contributed by atoms with Gasteiger partial charge in [-0.05, 0) is 0 Å². The fourth-order valence-corrected chi connectivity index (χ4v) is 46.9. The van der Waals surface area contributed by atoms with Gasteiger partial charge in [0.05, 0.1) is 0 Å². The van der Waals surface area contributed by atoms with Crippen LogP contribution >= 0.6 is 0 Å². The molecule has 20 N–H and O–H groups in total. The molecular formula is H20K6O38V10. The molecule has 54 heteroatoms. The number of rotatable bonds is 6. The molecule has 0 amide bonds. The van der Waals surface area contributed by atoms with Crippen molar-refractivity contribution in [1.29, 1.82) is 0 Å². The summed E-state index contributed by atoms with van der Waals surface area (Å²) >= 11 is -73.8. The first-order valence-corrected chi connectivity index (χ1v) is 30.1. The second kappa shape index (κ2) is 38.2. The van der Waals surface area contributed by atoms with Gasteiger partial charge in [0.15, 0.2) is 0 Å². The molecule has 0 saturated carbocycles. The molecule has 3 saturated heterocycles. The molecule has 4 atom stereocenters. The average Bonchev–Trinajstić information content (AvgIpc) is 2.38. The summed E-state index contributed by atoms with van der Waals surface area (Å²) in [4.78, 5) is 0. The van der Waals surface area contributed by atoms with Crippen LogP contribution in [0, 0.1) is 0 Å². The number of hydrogen-bond acceptors (Lipinski definition) is 28. The molecule has 4 unspecified atom stereocenters. The van der Waals surface area contributed by atoms with Crippen LogP contribution in [0.4, 0.5) is 0 Å². The normalized spacial score (nSPS) is 32.9. The van der Waals surface area contributed by atoms with Crippen LogP contribution < -0.4 is 332 Å². The van der Waals surface area contributed by atoms with E-state index >= 15 is 0 Å². The van der Waals surface area contributed by atoms with E-state index in [0.29, 0.717) is 0 Å². The van der Waals surface area contributed by atoms with Crippen molar-refractivity contribution in [3.63, 3.8) is 0 Å². The molecule has 0 spiro atoms. The van der Waals surface area contributed by atoms with Gasteiger partial charge >= 0.3 is 551 Å². The van der Waals surface area contributed by atoms with Gasteiger partial charge in [0, 0.05) is 0 Å². The molecule has 3 heterocycles. The molecule has 3 aliphatic heterocycles. The summed E-state index contributed by atoms with van der Waals surface area (Å²) in [6.45, 7) is 0. The van der Waals surface area contributed by atoms with Gasteiger partial charge in [-0.15, -0.1) is 0 Å². The Morgan fingerprint density at radius 2 is 0.407 bits per heavy atom. The Kier molecular flexibility index (Phi) is 73.2. The zero-order valence-corrected chi connectivity index (χ0v) is 59.6. The van der Waals surface area contributed by atoms with Crippen LogP contribution in [-0.2, 0) is 218 Å². The zero-order chi connectivity index (χ0) is 29.5. The number of fused-ring (bicyclic) bond motifs is 4. The maximum absolute atomic E-state index is 12.9. The van der Waals surface area contributed by atoms with E-state index < -0.39 is 150 Å². The van der Waals surface area contributed by atoms with E-state index in [2.05, 4.69) is 31.0 Å². The van der Waals surface area contributed by atoms with Gasteiger partial charge < -0.3 is 54.8 Å². The predicted octanol–water partition coefficient (Wildman–Crippen LogP) is -35.4. The van der Waals surface area contributed by atoms with Gasteiger partial charge in [-0.1, -0.05) is 0 Å². The third kappa shape index (κ3) is 36.5. The summed E-state index contributed by atoms with van der Waals surface area (Å²) in [6.07, 6.45) is 0. The third-order valence-corrected chi connectivity index (χ3v) is 40.8. The summed E-state index contributed by atoms with van der Waals surface area (Å²) in [7, 11) is 0. The maximum atomic E-state index is 12.9. The van der Waals surface area contributed by atoms with E-state index in [4.69, 9.17) is 0 Å². The fraction of sp³-hybridized carbons (Fsp3) is 0. The molecule has 0 aromatic rings. The standard InChI is InChI=1S/6K.10H2O.28O.10V/h;;;;;;10*1H2;;;;;;;;;;;;;;;;;;;;;;;;;;;;;;;;;;;;;;/q6*+1;;;;;;;;;;;;;;;;;;;;;;;;;;;;;;;;;6*-1;;;;;;;;;;. The molecule has 3 rings (SSSR count). The van der Waals surface area contributed by atoms with Crippen LogP contribution in [0.25, 0.3) is 0 Å². The van der Waals surface area contributed by atoms with E-state index in [1.54, 1.807) is 0 Å². The van der Waals surface area contributed by atoms with Crippen molar-refractivity contribution < 1.29 is 605 Å². The topological polar surface area (TPSA) is 735 Å². The Morgan fingerprint density at radius 1 is 0.296 bits per heavy atom. The molecule has 0 aromatic carbocycles. The summed E-state index contributed by atoms with van der Waals surface area (Å²) in [5, 5.41) is 0. The van der Waals surface area contributed by atoms with E-state index in [0.717, 1.165) is 0 Å². The molecule has 304 valence electrons. The monoisotopic (exact) mass is 1370 g/mol. The summed E-state index contributed by atoms with van der Waals surface area (Å²) in [5.74, 6) is 0. The first-order valence-electron chi connectivity index (χ1n) is 7.30. The minimum absolute atomic E-state index is 0. The van der Waals surface area contributed by atoms with Gasteiger partial charge in [0.2, 0.25) is 0 Å². The molecule has 0 radical (unpaired) electrons. The van der Waals surface area contributed by atoms with Gasteiger partial charge in [0.1, 0.15) is 0 Å². The average molecular weight is 1370 g/mol. The van der Waals surface area contributed by atoms with Crippen LogP contribution in [0.15, 0.2) is 0 Å². The van der Waals surface area contributed by atoms with Crippen LogP contribution in [0.2, 0.25) is 0 Å². The van der Waals surface area contributed by atoms with Crippen molar-refractivity contribution in [2.24, 2.45) is 0 Å². The van der Waals surface area contributed by atoms with Crippen LogP contribution in [0.5, 0.6) is 0 Å². The fourth-order valence-electron chi connectivity index (χ4n) is 1.78. The van der Waals surface area contributed by atoms with Gasteiger partial charge in [0.25, 0.3) is 0 Å². The van der Waals surface area contributed by atoms with E-state index in [9.17, 15) is 60.9 Å². The van der Waals surface area contributed by atoms with E-state index in [-0.39, 0.29) is 363 Å². The van der Waals surface area contributed by atoms with E-state index in [1.165, 1.54) is 0 Å². The Bertz CT molecular complexity index is 1410. The second-order valence-corrected chi connectivity index (χ2v) is 35.1. The molecule has 38 nitrogen and oxygen atoms in total. The van der Waals surface area contributed by atoms with Gasteiger partial charge in [-0.3, -0.25) is 0 Å². The van der Waals surface area contributed by atoms with Gasteiger partial charge in [-0.25, -0.2) is 0 Å². The molecule has 3 fully saturated rings. The zero-order valence-electron chi connectivity index (χ0n) is 26.9.